The van der Waals surface area contributed by atoms with Crippen molar-refractivity contribution in [1.82, 2.24) is 10.6 Å². The van der Waals surface area contributed by atoms with Gasteiger partial charge in [-0.25, -0.2) is 19.2 Å². The Labute approximate surface area is 184 Å². The van der Waals surface area contributed by atoms with Gasteiger partial charge in [-0.05, 0) is 36.4 Å². The van der Waals surface area contributed by atoms with E-state index < -0.39 is 52.6 Å². The highest BCUT2D eigenvalue weighted by Gasteiger charge is 2.22. The molecule has 33 heavy (non-hydrogen) atoms. The van der Waals surface area contributed by atoms with E-state index in [0.29, 0.717) is 0 Å². The predicted octanol–water partition coefficient (Wildman–Crippen LogP) is 1.87. The third kappa shape index (κ3) is 6.04. The number of imide groups is 2. The molecule has 2 rings (SSSR count). The highest BCUT2D eigenvalue weighted by atomic mass is 16.5. The molecule has 0 aliphatic carbocycles. The molecule has 0 heterocycles. The number of benzene rings is 2. The Morgan fingerprint density at radius 3 is 1.52 bits per heavy atom. The van der Waals surface area contributed by atoms with E-state index in [4.69, 9.17) is 9.84 Å². The van der Waals surface area contributed by atoms with E-state index in [-0.39, 0.29) is 17.1 Å². The highest BCUT2D eigenvalue weighted by molar-refractivity contribution is 6.13. The molecule has 0 aliphatic rings. The lowest BCUT2D eigenvalue weighted by Crippen LogP contribution is -2.35. The Balaban J connectivity index is 2.46. The molecule has 0 radical (unpaired) electrons. The molecule has 13 heteroatoms. The lowest BCUT2D eigenvalue weighted by molar-refractivity contribution is 0.0651. The number of hydrogen-bond acceptors (Lipinski definition) is 9. The Hall–Kier alpha value is -4.94. The van der Waals surface area contributed by atoms with Crippen molar-refractivity contribution in [3.63, 3.8) is 0 Å². The first-order valence-electron chi connectivity index (χ1n) is 8.78. The molecule has 2 aromatic rings. The molecule has 4 N–H and O–H groups in total. The van der Waals surface area contributed by atoms with Crippen LogP contribution < -0.4 is 15.4 Å². The number of aromatic carboxylic acids is 2. The maximum Gasteiger partial charge on any atom is 0.413 e. The van der Waals surface area contributed by atoms with Crippen LogP contribution in [-0.2, 0) is 9.47 Å². The zero-order chi connectivity index (χ0) is 24.7. The summed E-state index contributed by atoms with van der Waals surface area (Å²) in [6, 6.07) is 6.51. The second kappa shape index (κ2) is 10.4. The molecule has 0 spiro atoms. The predicted molar refractivity (Wildman–Crippen MR) is 107 cm³/mol. The average Bonchev–Trinajstić information content (AvgIpc) is 2.78. The van der Waals surface area contributed by atoms with Crippen molar-refractivity contribution < 1.29 is 53.2 Å². The maximum absolute atomic E-state index is 12.5. The Kier molecular flexibility index (Phi) is 7.66. The summed E-state index contributed by atoms with van der Waals surface area (Å²) in [5.41, 5.74) is -1.75. The molecular formula is C20H16N2O11. The van der Waals surface area contributed by atoms with Crippen LogP contribution in [0.4, 0.5) is 9.59 Å². The lowest BCUT2D eigenvalue weighted by Gasteiger charge is -2.12. The van der Waals surface area contributed by atoms with Crippen molar-refractivity contribution in [2.75, 3.05) is 14.2 Å². The molecule has 0 aliphatic heterocycles. The molecule has 0 saturated carbocycles. The second-order valence-corrected chi connectivity index (χ2v) is 6.02. The van der Waals surface area contributed by atoms with Crippen LogP contribution in [0.3, 0.4) is 0 Å². The van der Waals surface area contributed by atoms with Gasteiger partial charge in [0.05, 0.1) is 36.5 Å². The van der Waals surface area contributed by atoms with Crippen molar-refractivity contribution in [3.8, 4) is 11.5 Å². The van der Waals surface area contributed by atoms with Crippen molar-refractivity contribution in [2.45, 2.75) is 0 Å². The number of methoxy groups -OCH3 is 2. The van der Waals surface area contributed by atoms with Gasteiger partial charge in [-0.15, -0.1) is 0 Å². The summed E-state index contributed by atoms with van der Waals surface area (Å²) < 4.78 is 14.1. The van der Waals surface area contributed by atoms with Crippen molar-refractivity contribution in [3.05, 3.63) is 58.7 Å². The molecule has 2 aromatic carbocycles. The van der Waals surface area contributed by atoms with Gasteiger partial charge >= 0.3 is 24.1 Å². The normalized spacial score (nSPS) is 9.88. The number of alkyl carbamates (subject to hydrolysis) is 2. The lowest BCUT2D eigenvalue weighted by atomic mass is 10.1. The van der Waals surface area contributed by atoms with E-state index in [1.54, 1.807) is 0 Å². The zero-order valence-corrected chi connectivity index (χ0v) is 17.0. The number of ether oxygens (including phenoxy) is 3. The number of carbonyl (C=O) groups excluding carboxylic acids is 4. The van der Waals surface area contributed by atoms with Crippen LogP contribution in [0.2, 0.25) is 0 Å². The largest absolute Gasteiger partial charge is 0.478 e. The van der Waals surface area contributed by atoms with Crippen molar-refractivity contribution in [1.29, 1.82) is 0 Å². The Morgan fingerprint density at radius 2 is 1.06 bits per heavy atom. The van der Waals surface area contributed by atoms with Crippen LogP contribution in [0.1, 0.15) is 41.4 Å². The number of hydrogen-bond donors (Lipinski definition) is 4. The van der Waals surface area contributed by atoms with Gasteiger partial charge in [0.25, 0.3) is 11.8 Å². The first kappa shape index (κ1) is 24.3. The minimum absolute atomic E-state index is 0.0842. The molecule has 0 atom stereocenters. The number of rotatable bonds is 6. The van der Waals surface area contributed by atoms with Crippen molar-refractivity contribution in [2.24, 2.45) is 0 Å². The standard InChI is InChI=1S/C20H16N2O11/c1-31-19(29)21-15(23)11-5-3-9(7-13(11)16(24)22-20(30)32-2)33-10-4-6-12(17(25)26)14(8-10)18(27)28/h3-8H,1-2H3,(H,25,26)(H,27,28)(H,21,23,29)(H,22,24,30). The fraction of sp³-hybridized carbons (Fsp3) is 0.100. The second-order valence-electron chi connectivity index (χ2n) is 6.02. The molecule has 0 unspecified atom stereocenters. The summed E-state index contributed by atoms with van der Waals surface area (Å²) in [6.07, 6.45) is -2.22. The Morgan fingerprint density at radius 1 is 0.636 bits per heavy atom. The average molecular weight is 460 g/mol. The van der Waals surface area contributed by atoms with E-state index in [1.807, 2.05) is 10.6 Å². The third-order valence-electron chi connectivity index (χ3n) is 3.97. The maximum atomic E-state index is 12.5. The molecule has 0 aromatic heterocycles. The SMILES string of the molecule is COC(=O)NC(=O)c1ccc(Oc2ccc(C(=O)O)c(C(=O)O)c2)cc1C(=O)NC(=O)OC. The topological polar surface area (TPSA) is 195 Å². The number of carboxylic acid groups (broad SMARTS) is 2. The van der Waals surface area contributed by atoms with Gasteiger partial charge in [-0.2, -0.15) is 0 Å². The summed E-state index contributed by atoms with van der Waals surface area (Å²) in [5.74, 6) is -5.24. The Bertz CT molecular complexity index is 1160. The fourth-order valence-corrected chi connectivity index (χ4v) is 2.48. The first-order valence-corrected chi connectivity index (χ1v) is 8.78. The molecular weight excluding hydrogens is 444 g/mol. The van der Waals surface area contributed by atoms with E-state index in [1.165, 1.54) is 12.1 Å². The van der Waals surface area contributed by atoms with Crippen molar-refractivity contribution >= 4 is 35.9 Å². The van der Waals surface area contributed by atoms with Crippen LogP contribution in [0.5, 0.6) is 11.5 Å². The molecule has 4 amide bonds. The molecule has 0 fully saturated rings. The monoisotopic (exact) mass is 460 g/mol. The summed E-state index contributed by atoms with van der Waals surface area (Å²) in [5, 5.41) is 22.0. The first-order chi connectivity index (χ1) is 15.6. The summed E-state index contributed by atoms with van der Waals surface area (Å²) in [6.45, 7) is 0. The molecule has 13 nitrogen and oxygen atoms in total. The molecule has 0 saturated heterocycles. The highest BCUT2D eigenvalue weighted by Crippen LogP contribution is 2.27. The van der Waals surface area contributed by atoms with Crippen LogP contribution >= 0.6 is 0 Å². The van der Waals surface area contributed by atoms with Gasteiger partial charge in [0.15, 0.2) is 0 Å². The van der Waals surface area contributed by atoms with Crippen LogP contribution in [-0.4, -0.2) is 60.4 Å². The van der Waals surface area contributed by atoms with E-state index in [2.05, 4.69) is 9.47 Å². The smallest absolute Gasteiger partial charge is 0.413 e. The summed E-state index contributed by atoms with van der Waals surface area (Å²) in [4.78, 5) is 70.0. The number of carbonyl (C=O) groups is 6. The van der Waals surface area contributed by atoms with E-state index in [0.717, 1.165) is 38.5 Å². The van der Waals surface area contributed by atoms with Crippen LogP contribution in [0, 0.1) is 0 Å². The fourth-order valence-electron chi connectivity index (χ4n) is 2.48. The van der Waals surface area contributed by atoms with Crippen LogP contribution in [0.25, 0.3) is 0 Å². The quantitative estimate of drug-likeness (QED) is 0.491. The molecule has 172 valence electrons. The summed E-state index contributed by atoms with van der Waals surface area (Å²) in [7, 11) is 2.03. The minimum atomic E-state index is -1.51. The van der Waals surface area contributed by atoms with E-state index >= 15 is 0 Å². The van der Waals surface area contributed by atoms with Gasteiger partial charge in [0, 0.05) is 0 Å². The third-order valence-corrected chi connectivity index (χ3v) is 3.97. The number of nitrogens with one attached hydrogen (secondary N) is 2. The molecule has 0 bridgehead atoms. The number of amides is 4. The minimum Gasteiger partial charge on any atom is -0.478 e. The van der Waals surface area contributed by atoms with Gasteiger partial charge in [0.1, 0.15) is 11.5 Å². The van der Waals surface area contributed by atoms with Crippen LogP contribution in [0.15, 0.2) is 36.4 Å². The summed E-state index contributed by atoms with van der Waals surface area (Å²) >= 11 is 0. The van der Waals surface area contributed by atoms with E-state index in [9.17, 15) is 33.9 Å². The zero-order valence-electron chi connectivity index (χ0n) is 17.0. The number of carboxylic acids is 2. The van der Waals surface area contributed by atoms with Gasteiger partial charge in [-0.3, -0.25) is 20.2 Å². The van der Waals surface area contributed by atoms with Gasteiger partial charge in [-0.1, -0.05) is 0 Å². The van der Waals surface area contributed by atoms with Gasteiger partial charge in [0.2, 0.25) is 0 Å². The van der Waals surface area contributed by atoms with Gasteiger partial charge < -0.3 is 24.4 Å².